The van der Waals surface area contributed by atoms with Crippen molar-refractivity contribution in [2.75, 3.05) is 7.11 Å². The van der Waals surface area contributed by atoms with E-state index in [2.05, 4.69) is 0 Å². The largest absolute Gasteiger partial charge is 0.472 e. The van der Waals surface area contributed by atoms with Crippen LogP contribution in [0.15, 0.2) is 23.0 Å². The summed E-state index contributed by atoms with van der Waals surface area (Å²) >= 11 is 0. The van der Waals surface area contributed by atoms with Gasteiger partial charge in [-0.2, -0.15) is 0 Å². The SMILES string of the molecule is COC1(C(N)Cc2ccoc2)CCC1. The van der Waals surface area contributed by atoms with E-state index in [4.69, 9.17) is 14.9 Å². The Morgan fingerprint density at radius 2 is 2.43 bits per heavy atom. The molecule has 0 aliphatic heterocycles. The van der Waals surface area contributed by atoms with Crippen LogP contribution in [-0.2, 0) is 11.2 Å². The van der Waals surface area contributed by atoms with Gasteiger partial charge < -0.3 is 14.9 Å². The summed E-state index contributed by atoms with van der Waals surface area (Å²) in [7, 11) is 1.76. The predicted molar refractivity (Wildman–Crippen MR) is 54.0 cm³/mol. The molecule has 3 heteroatoms. The summed E-state index contributed by atoms with van der Waals surface area (Å²) in [6.07, 6.45) is 7.67. The summed E-state index contributed by atoms with van der Waals surface area (Å²) in [5.41, 5.74) is 7.23. The van der Waals surface area contributed by atoms with Crippen molar-refractivity contribution < 1.29 is 9.15 Å². The fraction of sp³-hybridized carbons (Fsp3) is 0.636. The average molecular weight is 195 g/mol. The topological polar surface area (TPSA) is 48.4 Å². The van der Waals surface area contributed by atoms with Gasteiger partial charge in [-0.1, -0.05) is 0 Å². The number of rotatable bonds is 4. The molecule has 2 rings (SSSR count). The highest BCUT2D eigenvalue weighted by atomic mass is 16.5. The van der Waals surface area contributed by atoms with Gasteiger partial charge in [-0.3, -0.25) is 0 Å². The van der Waals surface area contributed by atoms with E-state index in [1.807, 2.05) is 6.07 Å². The molecule has 1 aliphatic carbocycles. The molecule has 1 saturated carbocycles. The summed E-state index contributed by atoms with van der Waals surface area (Å²) < 4.78 is 10.5. The van der Waals surface area contributed by atoms with Crippen molar-refractivity contribution in [3.05, 3.63) is 24.2 Å². The Hall–Kier alpha value is -0.800. The zero-order valence-electron chi connectivity index (χ0n) is 8.53. The minimum Gasteiger partial charge on any atom is -0.472 e. The van der Waals surface area contributed by atoms with Crippen LogP contribution in [0.5, 0.6) is 0 Å². The number of nitrogens with two attached hydrogens (primary N) is 1. The molecule has 78 valence electrons. The quantitative estimate of drug-likeness (QED) is 0.795. The lowest BCUT2D eigenvalue weighted by Gasteiger charge is -2.45. The van der Waals surface area contributed by atoms with Crippen LogP contribution >= 0.6 is 0 Å². The van der Waals surface area contributed by atoms with Crippen molar-refractivity contribution in [3.8, 4) is 0 Å². The average Bonchev–Trinajstić information content (AvgIpc) is 2.55. The number of ether oxygens (including phenoxy) is 1. The lowest BCUT2D eigenvalue weighted by molar-refractivity contribution is -0.0897. The molecule has 3 nitrogen and oxygen atoms in total. The van der Waals surface area contributed by atoms with Crippen LogP contribution in [0.2, 0.25) is 0 Å². The van der Waals surface area contributed by atoms with Crippen molar-refractivity contribution in [2.45, 2.75) is 37.3 Å². The van der Waals surface area contributed by atoms with Crippen LogP contribution in [0.1, 0.15) is 24.8 Å². The third-order valence-corrected chi connectivity index (χ3v) is 3.32. The van der Waals surface area contributed by atoms with E-state index in [0.717, 1.165) is 24.8 Å². The van der Waals surface area contributed by atoms with Gasteiger partial charge in [-0.05, 0) is 37.3 Å². The summed E-state index contributed by atoms with van der Waals surface area (Å²) in [4.78, 5) is 0. The second-order valence-electron chi connectivity index (χ2n) is 4.06. The second-order valence-corrected chi connectivity index (χ2v) is 4.06. The Morgan fingerprint density at radius 3 is 2.86 bits per heavy atom. The summed E-state index contributed by atoms with van der Waals surface area (Å²) in [6.45, 7) is 0. The van der Waals surface area contributed by atoms with Crippen LogP contribution in [0.3, 0.4) is 0 Å². The first-order valence-electron chi connectivity index (χ1n) is 5.09. The van der Waals surface area contributed by atoms with Crippen LogP contribution in [0, 0.1) is 0 Å². The van der Waals surface area contributed by atoms with Crippen molar-refractivity contribution in [2.24, 2.45) is 5.73 Å². The highest BCUT2D eigenvalue weighted by Gasteiger charge is 2.42. The molecule has 0 saturated heterocycles. The van der Waals surface area contributed by atoms with Crippen molar-refractivity contribution in [3.63, 3.8) is 0 Å². The maximum absolute atomic E-state index is 6.15. The predicted octanol–water partition coefficient (Wildman–Crippen LogP) is 1.72. The molecule has 0 aromatic carbocycles. The molecule has 1 aromatic heterocycles. The maximum atomic E-state index is 6.15. The zero-order valence-corrected chi connectivity index (χ0v) is 8.53. The van der Waals surface area contributed by atoms with Crippen LogP contribution in [0.25, 0.3) is 0 Å². The number of hydrogen-bond donors (Lipinski definition) is 1. The Kier molecular flexibility index (Phi) is 2.61. The Bertz CT molecular complexity index is 272. The van der Waals surface area contributed by atoms with Gasteiger partial charge in [0.1, 0.15) is 0 Å². The number of furan rings is 1. The van der Waals surface area contributed by atoms with E-state index in [1.54, 1.807) is 19.6 Å². The Morgan fingerprint density at radius 1 is 1.64 bits per heavy atom. The third kappa shape index (κ3) is 1.57. The molecule has 0 radical (unpaired) electrons. The smallest absolute Gasteiger partial charge is 0.0935 e. The fourth-order valence-corrected chi connectivity index (χ4v) is 2.10. The van der Waals surface area contributed by atoms with E-state index in [0.29, 0.717) is 0 Å². The standard InChI is InChI=1S/C11H17NO2/c1-13-11(4-2-5-11)10(12)7-9-3-6-14-8-9/h3,6,8,10H,2,4-5,7,12H2,1H3. The molecule has 1 fully saturated rings. The number of methoxy groups -OCH3 is 1. The maximum Gasteiger partial charge on any atom is 0.0935 e. The van der Waals surface area contributed by atoms with Gasteiger partial charge in [-0.25, -0.2) is 0 Å². The lowest BCUT2D eigenvalue weighted by Crippen LogP contribution is -2.55. The van der Waals surface area contributed by atoms with Gasteiger partial charge in [0.15, 0.2) is 0 Å². The highest BCUT2D eigenvalue weighted by Crippen LogP contribution is 2.38. The minimum absolute atomic E-state index is 0.0722. The summed E-state index contributed by atoms with van der Waals surface area (Å²) in [6, 6.07) is 2.04. The molecule has 1 atom stereocenters. The minimum atomic E-state index is -0.0722. The molecule has 14 heavy (non-hydrogen) atoms. The normalized spacial score (nSPS) is 21.6. The first-order valence-corrected chi connectivity index (χ1v) is 5.09. The Balaban J connectivity index is 1.98. The molecule has 1 aliphatic rings. The third-order valence-electron chi connectivity index (χ3n) is 3.32. The van der Waals surface area contributed by atoms with E-state index in [-0.39, 0.29) is 11.6 Å². The second kappa shape index (κ2) is 3.75. The van der Waals surface area contributed by atoms with Gasteiger partial charge >= 0.3 is 0 Å². The molecular formula is C11H17NO2. The van der Waals surface area contributed by atoms with Crippen molar-refractivity contribution in [1.29, 1.82) is 0 Å². The van der Waals surface area contributed by atoms with Gasteiger partial charge in [0.2, 0.25) is 0 Å². The van der Waals surface area contributed by atoms with Crippen LogP contribution < -0.4 is 5.73 Å². The molecule has 0 bridgehead atoms. The van der Waals surface area contributed by atoms with E-state index in [1.165, 1.54) is 6.42 Å². The summed E-state index contributed by atoms with van der Waals surface area (Å²) in [5.74, 6) is 0. The number of hydrogen-bond acceptors (Lipinski definition) is 3. The van der Waals surface area contributed by atoms with Crippen molar-refractivity contribution >= 4 is 0 Å². The van der Waals surface area contributed by atoms with Gasteiger partial charge in [0.05, 0.1) is 18.1 Å². The molecule has 2 N–H and O–H groups in total. The van der Waals surface area contributed by atoms with Crippen LogP contribution in [-0.4, -0.2) is 18.8 Å². The monoisotopic (exact) mass is 195 g/mol. The molecule has 0 spiro atoms. The zero-order chi connectivity index (χ0) is 10.0. The first-order chi connectivity index (χ1) is 6.77. The molecule has 1 unspecified atom stereocenters. The highest BCUT2D eigenvalue weighted by molar-refractivity contribution is 5.11. The first kappa shape index (κ1) is 9.74. The Labute approximate surface area is 84.2 Å². The van der Waals surface area contributed by atoms with Gasteiger partial charge in [0.25, 0.3) is 0 Å². The molecular weight excluding hydrogens is 178 g/mol. The van der Waals surface area contributed by atoms with E-state index < -0.39 is 0 Å². The lowest BCUT2D eigenvalue weighted by atomic mass is 9.73. The van der Waals surface area contributed by atoms with Crippen molar-refractivity contribution in [1.82, 2.24) is 0 Å². The molecule has 1 aromatic rings. The van der Waals surface area contributed by atoms with Crippen LogP contribution in [0.4, 0.5) is 0 Å². The van der Waals surface area contributed by atoms with Gasteiger partial charge in [0, 0.05) is 13.2 Å². The van der Waals surface area contributed by atoms with Gasteiger partial charge in [-0.15, -0.1) is 0 Å². The van der Waals surface area contributed by atoms with E-state index in [9.17, 15) is 0 Å². The van der Waals surface area contributed by atoms with E-state index >= 15 is 0 Å². The molecule has 1 heterocycles. The molecule has 0 amide bonds. The fourth-order valence-electron chi connectivity index (χ4n) is 2.10. The summed E-state index contributed by atoms with van der Waals surface area (Å²) in [5, 5.41) is 0.